The van der Waals surface area contributed by atoms with Gasteiger partial charge in [-0.1, -0.05) is 6.07 Å². The molecular formula is C11H16N2O4S. The number of nitrogens with two attached hydrogens (primary N) is 1. The van der Waals surface area contributed by atoms with E-state index in [1.54, 1.807) is 12.1 Å². The summed E-state index contributed by atoms with van der Waals surface area (Å²) in [6, 6.07) is 4.86. The number of carbonyl (C=O) groups is 1. The van der Waals surface area contributed by atoms with E-state index in [1.165, 1.54) is 13.2 Å². The standard InChI is InChI=1S/C11H16N2O4S/c1-8-3-4-9(7-10(8)12)13-18(15,16)6-5-11(14)17-2/h3-4,7,13H,5-6,12H2,1-2H3. The second-order valence-electron chi connectivity index (χ2n) is 3.82. The highest BCUT2D eigenvalue weighted by Crippen LogP contribution is 2.18. The average Bonchev–Trinajstić information content (AvgIpc) is 2.30. The van der Waals surface area contributed by atoms with Crippen LogP contribution in [-0.2, 0) is 19.6 Å². The number of rotatable bonds is 5. The number of carbonyl (C=O) groups excluding carboxylic acids is 1. The molecule has 0 aromatic heterocycles. The molecule has 0 aliphatic carbocycles. The number of anilines is 2. The van der Waals surface area contributed by atoms with Gasteiger partial charge in [0.1, 0.15) is 0 Å². The van der Waals surface area contributed by atoms with E-state index in [-0.39, 0.29) is 12.2 Å². The van der Waals surface area contributed by atoms with Crippen LogP contribution in [0.15, 0.2) is 18.2 Å². The number of aryl methyl sites for hydroxylation is 1. The van der Waals surface area contributed by atoms with E-state index < -0.39 is 16.0 Å². The van der Waals surface area contributed by atoms with Gasteiger partial charge in [0.15, 0.2) is 0 Å². The van der Waals surface area contributed by atoms with E-state index in [9.17, 15) is 13.2 Å². The molecule has 0 saturated heterocycles. The molecule has 7 heteroatoms. The molecule has 1 aromatic rings. The number of hydrogen-bond acceptors (Lipinski definition) is 5. The molecule has 1 aromatic carbocycles. The zero-order chi connectivity index (χ0) is 13.8. The molecular weight excluding hydrogens is 256 g/mol. The fourth-order valence-electron chi connectivity index (χ4n) is 1.25. The fraction of sp³-hybridized carbons (Fsp3) is 0.364. The van der Waals surface area contributed by atoms with Crippen molar-refractivity contribution >= 4 is 27.4 Å². The zero-order valence-corrected chi connectivity index (χ0v) is 11.1. The van der Waals surface area contributed by atoms with Crippen LogP contribution in [0.4, 0.5) is 11.4 Å². The number of sulfonamides is 1. The minimum Gasteiger partial charge on any atom is -0.469 e. The quantitative estimate of drug-likeness (QED) is 0.612. The predicted molar refractivity (Wildman–Crippen MR) is 69.6 cm³/mol. The highest BCUT2D eigenvalue weighted by Gasteiger charge is 2.13. The smallest absolute Gasteiger partial charge is 0.306 e. The number of ether oxygens (including phenoxy) is 1. The Labute approximate surface area is 106 Å². The molecule has 0 atom stereocenters. The minimum absolute atomic E-state index is 0.187. The number of hydrogen-bond donors (Lipinski definition) is 2. The van der Waals surface area contributed by atoms with Crippen LogP contribution in [0.3, 0.4) is 0 Å². The summed E-state index contributed by atoms with van der Waals surface area (Å²) in [6.45, 7) is 1.82. The van der Waals surface area contributed by atoms with Crippen molar-refractivity contribution in [3.63, 3.8) is 0 Å². The Balaban J connectivity index is 2.70. The van der Waals surface area contributed by atoms with Gasteiger partial charge in [-0.25, -0.2) is 8.42 Å². The molecule has 0 fully saturated rings. The van der Waals surface area contributed by atoms with Crippen LogP contribution in [0.2, 0.25) is 0 Å². The Morgan fingerprint density at radius 2 is 2.11 bits per heavy atom. The first kappa shape index (κ1) is 14.3. The van der Waals surface area contributed by atoms with Crippen molar-refractivity contribution in [2.75, 3.05) is 23.3 Å². The van der Waals surface area contributed by atoms with Crippen LogP contribution in [0.5, 0.6) is 0 Å². The largest absolute Gasteiger partial charge is 0.469 e. The number of nitrogens with one attached hydrogen (secondary N) is 1. The molecule has 1 rings (SSSR count). The first-order chi connectivity index (χ1) is 8.34. The lowest BCUT2D eigenvalue weighted by Crippen LogP contribution is -2.19. The summed E-state index contributed by atoms with van der Waals surface area (Å²) < 4.78 is 30.0. The van der Waals surface area contributed by atoms with Crippen LogP contribution >= 0.6 is 0 Å². The van der Waals surface area contributed by atoms with Crippen molar-refractivity contribution in [2.45, 2.75) is 13.3 Å². The lowest BCUT2D eigenvalue weighted by atomic mass is 10.2. The molecule has 18 heavy (non-hydrogen) atoms. The van der Waals surface area contributed by atoms with Crippen LogP contribution in [-0.4, -0.2) is 27.2 Å². The third-order valence-electron chi connectivity index (χ3n) is 2.36. The number of nitrogen functional groups attached to an aromatic ring is 1. The molecule has 3 N–H and O–H groups in total. The van der Waals surface area contributed by atoms with Crippen LogP contribution < -0.4 is 10.5 Å². The summed E-state index contributed by atoms with van der Waals surface area (Å²) in [5.74, 6) is -0.892. The van der Waals surface area contributed by atoms with Gasteiger partial charge in [-0.3, -0.25) is 9.52 Å². The van der Waals surface area contributed by atoms with Gasteiger partial charge in [-0.05, 0) is 24.6 Å². The van der Waals surface area contributed by atoms with Gasteiger partial charge >= 0.3 is 5.97 Å². The number of esters is 1. The van der Waals surface area contributed by atoms with Crippen molar-refractivity contribution < 1.29 is 17.9 Å². The Hall–Kier alpha value is -1.76. The molecule has 6 nitrogen and oxygen atoms in total. The number of methoxy groups -OCH3 is 1. The third kappa shape index (κ3) is 4.25. The van der Waals surface area contributed by atoms with Gasteiger partial charge in [0, 0.05) is 5.69 Å². The Bertz CT molecular complexity index is 540. The molecule has 0 spiro atoms. The molecule has 0 saturated carbocycles. The average molecular weight is 272 g/mol. The highest BCUT2D eigenvalue weighted by molar-refractivity contribution is 7.92. The van der Waals surface area contributed by atoms with E-state index in [1.807, 2.05) is 6.92 Å². The van der Waals surface area contributed by atoms with Crippen LogP contribution in [0.25, 0.3) is 0 Å². The number of benzene rings is 1. The van der Waals surface area contributed by atoms with Gasteiger partial charge < -0.3 is 10.5 Å². The molecule has 0 amide bonds. The van der Waals surface area contributed by atoms with Crippen molar-refractivity contribution in [1.82, 2.24) is 0 Å². The summed E-state index contributed by atoms with van der Waals surface area (Å²) in [5, 5.41) is 0. The first-order valence-corrected chi connectivity index (χ1v) is 6.93. The van der Waals surface area contributed by atoms with Gasteiger partial charge in [0.25, 0.3) is 0 Å². The summed E-state index contributed by atoms with van der Waals surface area (Å²) in [7, 11) is -2.36. The van der Waals surface area contributed by atoms with E-state index >= 15 is 0 Å². The summed E-state index contributed by atoms with van der Waals surface area (Å²) in [6.07, 6.45) is -0.187. The summed E-state index contributed by atoms with van der Waals surface area (Å²) in [4.78, 5) is 10.9. The topological polar surface area (TPSA) is 98.5 Å². The highest BCUT2D eigenvalue weighted by atomic mass is 32.2. The predicted octanol–water partition coefficient (Wildman–Crippen LogP) is 0.882. The van der Waals surface area contributed by atoms with E-state index in [0.717, 1.165) is 5.56 Å². The van der Waals surface area contributed by atoms with Crippen LogP contribution in [0.1, 0.15) is 12.0 Å². The van der Waals surface area contributed by atoms with Crippen molar-refractivity contribution in [1.29, 1.82) is 0 Å². The fourth-order valence-corrected chi connectivity index (χ4v) is 2.28. The van der Waals surface area contributed by atoms with Gasteiger partial charge in [-0.15, -0.1) is 0 Å². The molecule has 0 heterocycles. The maximum Gasteiger partial charge on any atom is 0.306 e. The molecule has 0 aliphatic heterocycles. The molecule has 0 unspecified atom stereocenters. The van der Waals surface area contributed by atoms with Crippen molar-refractivity contribution in [2.24, 2.45) is 0 Å². The second kappa shape index (κ2) is 5.72. The maximum atomic E-state index is 11.7. The maximum absolute atomic E-state index is 11.7. The second-order valence-corrected chi connectivity index (χ2v) is 5.66. The molecule has 0 bridgehead atoms. The molecule has 0 aliphatic rings. The lowest BCUT2D eigenvalue weighted by molar-refractivity contribution is -0.140. The zero-order valence-electron chi connectivity index (χ0n) is 10.3. The van der Waals surface area contributed by atoms with Gasteiger partial charge in [0.05, 0.1) is 25.0 Å². The van der Waals surface area contributed by atoms with E-state index in [4.69, 9.17) is 5.73 Å². The van der Waals surface area contributed by atoms with Crippen LogP contribution in [0, 0.1) is 6.92 Å². The van der Waals surface area contributed by atoms with E-state index in [2.05, 4.69) is 9.46 Å². The summed E-state index contributed by atoms with van der Waals surface area (Å²) >= 11 is 0. The third-order valence-corrected chi connectivity index (χ3v) is 3.64. The van der Waals surface area contributed by atoms with E-state index in [0.29, 0.717) is 11.4 Å². The van der Waals surface area contributed by atoms with Crippen molar-refractivity contribution in [3.05, 3.63) is 23.8 Å². The Kier molecular flexibility index (Phi) is 4.55. The summed E-state index contributed by atoms with van der Waals surface area (Å²) in [5.41, 5.74) is 7.42. The monoisotopic (exact) mass is 272 g/mol. The SMILES string of the molecule is COC(=O)CCS(=O)(=O)Nc1ccc(C)c(N)c1. The normalized spacial score (nSPS) is 11.0. The molecule has 100 valence electrons. The van der Waals surface area contributed by atoms with Gasteiger partial charge in [0.2, 0.25) is 10.0 Å². The molecule has 0 radical (unpaired) electrons. The minimum atomic E-state index is -3.58. The Morgan fingerprint density at radius 1 is 1.44 bits per heavy atom. The Morgan fingerprint density at radius 3 is 2.67 bits per heavy atom. The van der Waals surface area contributed by atoms with Crippen molar-refractivity contribution in [3.8, 4) is 0 Å². The van der Waals surface area contributed by atoms with Gasteiger partial charge in [-0.2, -0.15) is 0 Å². The lowest BCUT2D eigenvalue weighted by Gasteiger charge is -2.09. The first-order valence-electron chi connectivity index (χ1n) is 5.27.